The van der Waals surface area contributed by atoms with Gasteiger partial charge in [0.2, 0.25) is 0 Å². The van der Waals surface area contributed by atoms with E-state index in [2.05, 4.69) is 226 Å². The minimum Gasteiger partial charge on any atom is -0.305 e. The maximum Gasteiger partial charge on any atom is 0.123 e. The molecule has 0 saturated heterocycles. The van der Waals surface area contributed by atoms with Crippen LogP contribution in [0.15, 0.2) is 298 Å². The van der Waals surface area contributed by atoms with Gasteiger partial charge in [0, 0.05) is 132 Å². The Bertz CT molecular complexity index is 4660. The van der Waals surface area contributed by atoms with E-state index in [1.807, 2.05) is 152 Å². The molecule has 0 bridgehead atoms. The van der Waals surface area contributed by atoms with Gasteiger partial charge in [0.25, 0.3) is 0 Å². The Kier molecular flexibility index (Phi) is 35.6. The maximum atomic E-state index is 13.0. The Morgan fingerprint density at radius 2 is 0.772 bits per heavy atom. The Labute approximate surface area is 665 Å². The first kappa shape index (κ1) is 83.6. The summed E-state index contributed by atoms with van der Waals surface area (Å²) in [6.07, 6.45) is 10.3. The summed E-state index contributed by atoms with van der Waals surface area (Å²) in [5.41, 5.74) is 26.8. The van der Waals surface area contributed by atoms with Crippen molar-refractivity contribution in [1.29, 1.82) is 0 Å². The molecule has 0 fully saturated rings. The molecule has 0 atom stereocenters. The monoisotopic (exact) mass is 2210 g/mol. The first-order valence-corrected chi connectivity index (χ1v) is 32.5. The number of halogens is 1. The molecule has 5 radical (unpaired) electrons. The standard InChI is InChI=1S/C21H20N.C20H18N.C19H15FN.C19H16N.C11H8N.5Ir/c1-16(2)13-17-7-5-8-18(14-17)19-9-6-10-20(15-19)21-11-3-4-12-22-21;1-15(2)19-11-12-20(21-14-19)18-10-6-9-17(13-18)16-7-4-3-5-8-16;1-13-10-11-21-19(14(13)2)17-5-3-4-16(12-17)15-6-8-18(20)9-7-15;1-14-10-15(2)12-18(11-14)16-6-5-7-17(13-16)19-8-3-4-9-20-19;1-2-6-10(7-3-1)11-8-4-5-9-12-11;;;;;/h3-9,11-12,14-16H,13H2,1-2H3;3-9,11-15H,1-2H3;3-4,6-12H,1-2H3;3-6,8-13H,1-2H3;1-6,8-9H;;;;;/q5*-1;;;;;. The van der Waals surface area contributed by atoms with Crippen molar-refractivity contribution in [2.24, 2.45) is 5.92 Å². The molecule has 0 aliphatic carbocycles. The van der Waals surface area contributed by atoms with Crippen molar-refractivity contribution in [2.45, 2.75) is 67.7 Å². The summed E-state index contributed by atoms with van der Waals surface area (Å²) < 4.78 is 13.0. The Hall–Kier alpha value is -8.09. The Morgan fingerprint density at radius 3 is 1.26 bits per heavy atom. The SMILES string of the molecule is CC(C)Cc1cccc(-c2cc[c-]c(-c3ccccn3)c2)c1.CC(C)c1ccc(-c2[c-]ccc(-c3ccccc3)c2)nc1.Cc1cc(C)cc(-c2cc[c-]c(-c3ccccn3)c2)c1.Cc1ccnc(-c2[c-]ccc(-c3ccc(F)cc3)c2)c1C.[Ir].[Ir].[Ir].[Ir].[Ir].[c-]1ccccc1-c1ccccn1. The number of nitrogens with zero attached hydrogens (tertiary/aromatic N) is 5. The zero-order valence-corrected chi connectivity index (χ0v) is 69.4. The van der Waals surface area contributed by atoms with E-state index in [1.54, 1.807) is 18.3 Å². The molecule has 0 N–H and O–H groups in total. The van der Waals surface area contributed by atoms with Gasteiger partial charge in [0.1, 0.15) is 5.82 Å². The van der Waals surface area contributed by atoms with Crippen LogP contribution >= 0.6 is 0 Å². The molecule has 5 nitrogen and oxygen atoms in total. The van der Waals surface area contributed by atoms with E-state index in [1.165, 1.54) is 73.3 Å². The molecular formula is C90H77FIr5N5-5. The van der Waals surface area contributed by atoms with Crippen LogP contribution in [0.3, 0.4) is 0 Å². The largest absolute Gasteiger partial charge is 0.305 e. The van der Waals surface area contributed by atoms with Crippen LogP contribution in [0.2, 0.25) is 0 Å². The fourth-order valence-electron chi connectivity index (χ4n) is 10.9. The molecule has 14 rings (SSSR count). The maximum absolute atomic E-state index is 13.0. The third-order valence-electron chi connectivity index (χ3n) is 15.9. The first-order chi connectivity index (χ1) is 46.8. The number of rotatable bonds is 12. The molecule has 0 unspecified atom stereocenters. The molecule has 9 aromatic carbocycles. The van der Waals surface area contributed by atoms with Crippen molar-refractivity contribution in [1.82, 2.24) is 24.9 Å². The molecule has 0 spiro atoms. The minimum atomic E-state index is -0.224. The normalized spacial score (nSPS) is 10.0. The second-order valence-electron chi connectivity index (χ2n) is 24.2. The van der Waals surface area contributed by atoms with Gasteiger partial charge >= 0.3 is 0 Å². The van der Waals surface area contributed by atoms with Crippen LogP contribution in [0, 0.1) is 69.8 Å². The first-order valence-electron chi connectivity index (χ1n) is 32.5. The molecule has 5 aromatic heterocycles. The van der Waals surface area contributed by atoms with Gasteiger partial charge in [-0.3, -0.25) is 0 Å². The van der Waals surface area contributed by atoms with Crippen LogP contribution in [-0.2, 0) is 107 Å². The predicted molar refractivity (Wildman–Crippen MR) is 396 cm³/mol. The van der Waals surface area contributed by atoms with E-state index in [-0.39, 0.29) is 106 Å². The molecule has 0 aliphatic rings. The van der Waals surface area contributed by atoms with Crippen LogP contribution in [0.5, 0.6) is 0 Å². The molecule has 0 aliphatic heterocycles. The van der Waals surface area contributed by atoms with E-state index in [4.69, 9.17) is 0 Å². The van der Waals surface area contributed by atoms with Crippen molar-refractivity contribution >= 4 is 0 Å². The van der Waals surface area contributed by atoms with Gasteiger partial charge in [-0.25, -0.2) is 4.39 Å². The minimum absolute atomic E-state index is 0. The molecule has 0 saturated carbocycles. The molecule has 0 amide bonds. The van der Waals surface area contributed by atoms with Gasteiger partial charge in [-0.05, 0) is 144 Å². The van der Waals surface area contributed by atoms with E-state index >= 15 is 0 Å². The average Bonchev–Trinajstić information content (AvgIpc) is 0.861. The molecule has 14 aromatic rings. The van der Waals surface area contributed by atoms with Crippen LogP contribution in [0.4, 0.5) is 4.39 Å². The fraction of sp³-hybridized carbons (Fsp3) is 0.122. The zero-order valence-electron chi connectivity index (χ0n) is 57.4. The van der Waals surface area contributed by atoms with Crippen molar-refractivity contribution in [3.63, 3.8) is 0 Å². The molecule has 101 heavy (non-hydrogen) atoms. The number of aromatic nitrogens is 5. The van der Waals surface area contributed by atoms with E-state index in [0.29, 0.717) is 11.8 Å². The smallest absolute Gasteiger partial charge is 0.123 e. The Morgan fingerprint density at radius 1 is 0.327 bits per heavy atom. The fourth-order valence-corrected chi connectivity index (χ4v) is 10.9. The second-order valence-corrected chi connectivity index (χ2v) is 24.2. The number of aryl methyl sites for hydroxylation is 3. The topological polar surface area (TPSA) is 64.5 Å². The molecule has 11 heteroatoms. The quantitative estimate of drug-likeness (QED) is 0.114. The van der Waals surface area contributed by atoms with Crippen molar-refractivity contribution in [2.75, 3.05) is 0 Å². The summed E-state index contributed by atoms with van der Waals surface area (Å²) >= 11 is 0. The summed E-state index contributed by atoms with van der Waals surface area (Å²) in [7, 11) is 0. The van der Waals surface area contributed by atoms with Crippen LogP contribution in [0.1, 0.15) is 67.0 Å². The van der Waals surface area contributed by atoms with Crippen molar-refractivity contribution in [3.05, 3.63) is 367 Å². The average molecular weight is 2210 g/mol. The molecule has 5 heterocycles. The number of hydrogen-bond donors (Lipinski definition) is 0. The van der Waals surface area contributed by atoms with Crippen LogP contribution in [-0.4, -0.2) is 24.9 Å². The van der Waals surface area contributed by atoms with Crippen molar-refractivity contribution in [3.8, 4) is 101 Å². The summed E-state index contributed by atoms with van der Waals surface area (Å²) in [6, 6.07) is 105. The van der Waals surface area contributed by atoms with Crippen molar-refractivity contribution < 1.29 is 105 Å². The number of hydrogen-bond acceptors (Lipinski definition) is 5. The number of benzene rings is 9. The van der Waals surface area contributed by atoms with Crippen LogP contribution in [0.25, 0.3) is 101 Å². The third-order valence-corrected chi connectivity index (χ3v) is 15.9. The second kappa shape index (κ2) is 43.0. The summed E-state index contributed by atoms with van der Waals surface area (Å²) in [4.78, 5) is 22.1. The van der Waals surface area contributed by atoms with Gasteiger partial charge in [-0.15, -0.1) is 177 Å². The van der Waals surface area contributed by atoms with Gasteiger partial charge in [-0.1, -0.05) is 183 Å². The van der Waals surface area contributed by atoms with E-state index < -0.39 is 0 Å². The Balaban J connectivity index is 0.000000227. The predicted octanol–water partition coefficient (Wildman–Crippen LogP) is 23.1. The van der Waals surface area contributed by atoms with Gasteiger partial charge in [0.15, 0.2) is 0 Å². The summed E-state index contributed by atoms with van der Waals surface area (Å²) in [5, 5.41) is 0. The van der Waals surface area contributed by atoms with Crippen LogP contribution < -0.4 is 0 Å². The van der Waals surface area contributed by atoms with E-state index in [0.717, 1.165) is 79.4 Å². The molecule has 519 valence electrons. The third kappa shape index (κ3) is 25.1. The molecular weight excluding hydrogens is 2130 g/mol. The van der Waals surface area contributed by atoms with E-state index in [9.17, 15) is 4.39 Å². The summed E-state index contributed by atoms with van der Waals surface area (Å²) in [5.74, 6) is 0.951. The number of pyridine rings is 5. The van der Waals surface area contributed by atoms with Gasteiger partial charge < -0.3 is 24.9 Å². The summed E-state index contributed by atoms with van der Waals surface area (Å²) in [6.45, 7) is 17.3. The van der Waals surface area contributed by atoms with Gasteiger partial charge in [-0.2, -0.15) is 0 Å². The zero-order chi connectivity index (χ0) is 67.0. The van der Waals surface area contributed by atoms with Gasteiger partial charge in [0.05, 0.1) is 0 Å².